The highest BCUT2D eigenvalue weighted by atomic mass is 16.7. The molecule has 3 N–H and O–H groups in total. The lowest BCUT2D eigenvalue weighted by atomic mass is 9.55. The highest BCUT2D eigenvalue weighted by molar-refractivity contribution is 6.03. The minimum Gasteiger partial charge on any atom is -0.459 e. The monoisotopic (exact) mass is 930 g/mol. The third-order valence-corrected chi connectivity index (χ3v) is 13.6. The predicted molar refractivity (Wildman–Crippen MR) is 260 cm³/mol. The summed E-state index contributed by atoms with van der Waals surface area (Å²) in [7, 11) is 0. The Bertz CT molecular complexity index is 2000. The fraction of sp³-hybridized carbons (Fsp3) is 0.648. The second kappa shape index (κ2) is 25.1. The number of hydrogen-bond donors (Lipinski definition) is 3. The van der Waals surface area contributed by atoms with Crippen molar-refractivity contribution in [2.24, 2.45) is 22.9 Å². The van der Waals surface area contributed by atoms with Crippen molar-refractivity contribution in [3.8, 4) is 23.0 Å². The van der Waals surface area contributed by atoms with Gasteiger partial charge in [-0.15, -0.1) is 6.58 Å². The quantitative estimate of drug-likeness (QED) is 0.0447. The van der Waals surface area contributed by atoms with E-state index >= 15 is 4.79 Å². The average molecular weight is 930 g/mol. The van der Waals surface area contributed by atoms with Crippen molar-refractivity contribution in [2.75, 3.05) is 33.2 Å². The molecule has 13 heteroatoms. The molecule has 0 radical (unpaired) electrons. The number of carbonyl (C=O) groups is 2. The van der Waals surface area contributed by atoms with E-state index in [0.29, 0.717) is 48.8 Å². The van der Waals surface area contributed by atoms with Gasteiger partial charge in [0, 0.05) is 50.6 Å². The molecular weight excluding hydrogens is 851 g/mol. The van der Waals surface area contributed by atoms with Crippen LogP contribution >= 0.6 is 0 Å². The molecule has 67 heavy (non-hydrogen) atoms. The molecule has 0 spiro atoms. The van der Waals surface area contributed by atoms with Crippen LogP contribution in [0, 0.1) is 17.8 Å². The third kappa shape index (κ3) is 13.4. The summed E-state index contributed by atoms with van der Waals surface area (Å²) in [4.78, 5) is 36.4. The maximum Gasteiger partial charge on any atom is 0.412 e. The number of allylic oxidation sites excluding steroid dienone is 1. The Morgan fingerprint density at radius 3 is 2.30 bits per heavy atom. The Morgan fingerprint density at radius 2 is 1.60 bits per heavy atom. The fourth-order valence-corrected chi connectivity index (χ4v) is 10.5. The Morgan fingerprint density at radius 1 is 0.896 bits per heavy atom. The number of rotatable bonds is 27. The summed E-state index contributed by atoms with van der Waals surface area (Å²) in [5, 5.41) is 27.7. The van der Waals surface area contributed by atoms with Crippen LogP contribution in [0.4, 0.5) is 4.79 Å². The predicted octanol–water partition coefficient (Wildman–Crippen LogP) is 10.9. The van der Waals surface area contributed by atoms with E-state index in [1.807, 2.05) is 62.9 Å². The van der Waals surface area contributed by atoms with Gasteiger partial charge in [-0.05, 0) is 113 Å². The number of amides is 2. The van der Waals surface area contributed by atoms with E-state index in [9.17, 15) is 15.0 Å². The van der Waals surface area contributed by atoms with Crippen LogP contribution in [0.2, 0.25) is 0 Å². The highest BCUT2D eigenvalue weighted by Gasteiger charge is 2.65. The smallest absolute Gasteiger partial charge is 0.412 e. The first-order valence-electron chi connectivity index (χ1n) is 25.4. The molecule has 2 aliphatic heterocycles. The number of aliphatic hydroxyl groups excluding tert-OH is 2. The summed E-state index contributed by atoms with van der Waals surface area (Å²) in [5.41, 5.74) is 2.80. The first kappa shape index (κ1) is 51.8. The zero-order valence-corrected chi connectivity index (χ0v) is 41.0. The van der Waals surface area contributed by atoms with Gasteiger partial charge in [-0.25, -0.2) is 4.79 Å². The molecule has 0 aromatic heterocycles. The summed E-state index contributed by atoms with van der Waals surface area (Å²) >= 11 is 0. The van der Waals surface area contributed by atoms with Gasteiger partial charge in [-0.1, -0.05) is 94.5 Å². The normalized spacial score (nSPS) is 23.1. The zero-order chi connectivity index (χ0) is 47.8. The molecule has 6 atom stereocenters. The van der Waals surface area contributed by atoms with E-state index in [1.54, 1.807) is 12.1 Å². The van der Waals surface area contributed by atoms with Gasteiger partial charge in [-0.2, -0.15) is 0 Å². The molecule has 13 nitrogen and oxygen atoms in total. The molecule has 370 valence electrons. The van der Waals surface area contributed by atoms with Crippen molar-refractivity contribution in [3.05, 3.63) is 71.8 Å². The van der Waals surface area contributed by atoms with Gasteiger partial charge >= 0.3 is 6.09 Å². The van der Waals surface area contributed by atoms with Crippen LogP contribution in [-0.2, 0) is 20.9 Å². The lowest BCUT2D eigenvalue weighted by Gasteiger charge is -2.60. The number of ether oxygens (including phenoxy) is 5. The SMILES string of the molecule is C=CCO[C@@]12Oc3ccc(OC(=O)NCC)cc3[C@H]3[C@H](CCCCO)[C@@H](CCCCO)C=C(C(=NOC(C)(C)C)C[C@@H]1N(Cc1ccc4c(c1)OCO4)C(=O)CCCCCCCCCCC)[C@H]32. The minimum absolute atomic E-state index is 0.00970. The maximum absolute atomic E-state index is 15.3. The second-order valence-corrected chi connectivity index (χ2v) is 19.7. The van der Waals surface area contributed by atoms with Crippen LogP contribution in [0.3, 0.4) is 0 Å². The van der Waals surface area contributed by atoms with Crippen LogP contribution in [-0.4, -0.2) is 83.4 Å². The Kier molecular flexibility index (Phi) is 19.4. The van der Waals surface area contributed by atoms with Gasteiger partial charge in [0.15, 0.2) is 11.5 Å². The van der Waals surface area contributed by atoms with Gasteiger partial charge in [0.2, 0.25) is 18.5 Å². The summed E-state index contributed by atoms with van der Waals surface area (Å²) in [6, 6.07) is 10.7. The number of hydrogen-bond acceptors (Lipinski definition) is 11. The fourth-order valence-electron chi connectivity index (χ4n) is 10.5. The van der Waals surface area contributed by atoms with Crippen molar-refractivity contribution in [2.45, 2.75) is 174 Å². The number of carbonyl (C=O) groups excluding carboxylic acids is 2. The maximum atomic E-state index is 15.3. The first-order chi connectivity index (χ1) is 32.5. The van der Waals surface area contributed by atoms with Crippen molar-refractivity contribution in [1.29, 1.82) is 0 Å². The van der Waals surface area contributed by atoms with Crippen LogP contribution in [0.1, 0.15) is 161 Å². The van der Waals surface area contributed by atoms with Crippen LogP contribution in [0.15, 0.2) is 65.9 Å². The van der Waals surface area contributed by atoms with E-state index < -0.39 is 29.4 Å². The molecule has 1 saturated carbocycles. The Hall–Kier alpha value is -4.59. The third-order valence-electron chi connectivity index (χ3n) is 13.6. The minimum atomic E-state index is -1.43. The molecule has 2 amide bonds. The molecule has 2 heterocycles. The number of nitrogens with one attached hydrogen (secondary N) is 1. The summed E-state index contributed by atoms with van der Waals surface area (Å²) in [5.74, 6) is 0.102. The first-order valence-corrected chi connectivity index (χ1v) is 25.4. The largest absolute Gasteiger partial charge is 0.459 e. The van der Waals surface area contributed by atoms with Crippen molar-refractivity contribution in [3.63, 3.8) is 0 Å². The van der Waals surface area contributed by atoms with Crippen LogP contribution < -0.4 is 24.3 Å². The number of oxime groups is 1. The second-order valence-electron chi connectivity index (χ2n) is 19.7. The molecule has 2 aromatic carbocycles. The van der Waals surface area contributed by atoms with Gasteiger partial charge in [-0.3, -0.25) is 4.79 Å². The summed E-state index contributed by atoms with van der Waals surface area (Å²) in [6.07, 6.45) is 18.8. The number of unbranched alkanes of at least 4 members (excludes halogenated alkanes) is 10. The lowest BCUT2D eigenvalue weighted by molar-refractivity contribution is -0.258. The molecule has 2 aromatic rings. The number of aliphatic hydroxyl groups is 2. The van der Waals surface area contributed by atoms with Crippen molar-refractivity contribution in [1.82, 2.24) is 10.2 Å². The highest BCUT2D eigenvalue weighted by Crippen LogP contribution is 2.62. The number of benzene rings is 2. The average Bonchev–Trinajstić information content (AvgIpc) is 3.78. The molecule has 6 rings (SSSR count). The van der Waals surface area contributed by atoms with Gasteiger partial charge in [0.25, 0.3) is 0 Å². The molecule has 1 fully saturated rings. The van der Waals surface area contributed by atoms with Gasteiger partial charge < -0.3 is 49.0 Å². The Labute approximate surface area is 399 Å². The van der Waals surface area contributed by atoms with Gasteiger partial charge in [0.05, 0.1) is 18.2 Å². The van der Waals surface area contributed by atoms with Gasteiger partial charge in [0.1, 0.15) is 23.1 Å². The van der Waals surface area contributed by atoms with Crippen LogP contribution in [0.5, 0.6) is 23.0 Å². The van der Waals surface area contributed by atoms with Crippen molar-refractivity contribution >= 4 is 17.7 Å². The topological polar surface area (TPSA) is 158 Å². The molecule has 0 bridgehead atoms. The molecule has 2 aliphatic carbocycles. The van der Waals surface area contributed by atoms with E-state index in [0.717, 1.165) is 73.8 Å². The zero-order valence-electron chi connectivity index (χ0n) is 41.0. The van der Waals surface area contributed by atoms with E-state index in [1.165, 1.54) is 32.1 Å². The Balaban J connectivity index is 1.52. The summed E-state index contributed by atoms with van der Waals surface area (Å²) < 4.78 is 32.0. The van der Waals surface area contributed by atoms with E-state index in [2.05, 4.69) is 24.9 Å². The number of nitrogens with zero attached hydrogens (tertiary/aromatic N) is 2. The standard InChI is InChI=1S/C54H79N3O10/c1-7-10-11-12-13-14-15-16-17-24-49(60)57(36-38-25-27-46-47(32-38)63-37-62-46)48-35-44(56-67-53(4,5)6)42-33-39(22-18-20-29-58)41(23-19-21-30-59)50-43-34-40(65-52(61)55-9-3)26-28-45(43)66-54(48,51(42)50)64-31-8-2/h8,25-28,32-34,39,41,48,50-51,58-59H,2,7,9-24,29-31,35-37H2,1,3-6H3,(H,55,61)/t39-,41+,48-,50+,51+,54+/m0/s1. The van der Waals surface area contributed by atoms with E-state index in [-0.39, 0.29) is 63.2 Å². The van der Waals surface area contributed by atoms with Crippen LogP contribution in [0.25, 0.3) is 0 Å². The molecular formula is C54H79N3O10. The molecule has 0 unspecified atom stereocenters. The molecule has 0 saturated heterocycles. The lowest BCUT2D eigenvalue weighted by Crippen LogP contribution is -2.70. The van der Waals surface area contributed by atoms with E-state index in [4.69, 9.17) is 33.7 Å². The summed E-state index contributed by atoms with van der Waals surface area (Å²) in [6.45, 7) is 15.2. The van der Waals surface area contributed by atoms with Crippen molar-refractivity contribution < 1.29 is 48.3 Å². The molecule has 4 aliphatic rings. The number of fused-ring (bicyclic) bond motifs is 3.